The molecule has 92 valence electrons. The van der Waals surface area contributed by atoms with Gasteiger partial charge in [0.1, 0.15) is 17.3 Å². The minimum Gasteiger partial charge on any atom is -0.382 e. The van der Waals surface area contributed by atoms with E-state index in [1.807, 2.05) is 0 Å². The third-order valence-electron chi connectivity index (χ3n) is 2.30. The molecule has 1 aromatic heterocycles. The Labute approximate surface area is 103 Å². The van der Waals surface area contributed by atoms with Gasteiger partial charge in [-0.2, -0.15) is 0 Å². The van der Waals surface area contributed by atoms with E-state index in [9.17, 15) is 9.18 Å². The van der Waals surface area contributed by atoms with Crippen molar-refractivity contribution in [3.63, 3.8) is 0 Å². The van der Waals surface area contributed by atoms with E-state index < -0.39 is 5.91 Å². The van der Waals surface area contributed by atoms with Crippen LogP contribution in [0.2, 0.25) is 0 Å². The average molecular weight is 246 g/mol. The Balaban J connectivity index is 2.18. The number of carbonyl (C=O) groups excluding carboxylic acids is 1. The molecule has 0 unspecified atom stereocenters. The average Bonchev–Trinajstić information content (AvgIpc) is 2.34. The minimum atomic E-state index is -0.444. The molecule has 2 aromatic rings. The number of amides is 1. The summed E-state index contributed by atoms with van der Waals surface area (Å²) in [5.41, 5.74) is 6.48. The molecule has 0 atom stereocenters. The third-order valence-corrected chi connectivity index (χ3v) is 2.30. The van der Waals surface area contributed by atoms with Crippen LogP contribution in [0.25, 0.3) is 0 Å². The number of aryl methyl sites for hydroxylation is 1. The number of carbonyl (C=O) groups is 1. The van der Waals surface area contributed by atoms with Crippen molar-refractivity contribution in [1.29, 1.82) is 0 Å². The fourth-order valence-corrected chi connectivity index (χ4v) is 1.41. The van der Waals surface area contributed by atoms with Crippen molar-refractivity contribution in [3.05, 3.63) is 47.7 Å². The summed E-state index contributed by atoms with van der Waals surface area (Å²) in [5.74, 6) is -0.601. The van der Waals surface area contributed by atoms with Crippen LogP contribution in [0, 0.1) is 12.7 Å². The Morgan fingerprint density at radius 3 is 2.83 bits per heavy atom. The molecule has 18 heavy (non-hydrogen) atoms. The number of nitrogens with zero attached hydrogens (tertiary/aromatic N) is 2. The van der Waals surface area contributed by atoms with E-state index in [2.05, 4.69) is 15.3 Å². The molecule has 2 rings (SSSR count). The quantitative estimate of drug-likeness (QED) is 0.846. The van der Waals surface area contributed by atoms with Gasteiger partial charge in [-0.1, -0.05) is 0 Å². The smallest absolute Gasteiger partial charge is 0.275 e. The summed E-state index contributed by atoms with van der Waals surface area (Å²) in [4.78, 5) is 19.4. The first-order valence-electron chi connectivity index (χ1n) is 5.21. The molecule has 5 nitrogen and oxygen atoms in total. The first kappa shape index (κ1) is 12.0. The fourth-order valence-electron chi connectivity index (χ4n) is 1.41. The van der Waals surface area contributed by atoms with Crippen LogP contribution in [-0.2, 0) is 0 Å². The van der Waals surface area contributed by atoms with Crippen molar-refractivity contribution >= 4 is 17.4 Å². The third kappa shape index (κ3) is 2.60. The van der Waals surface area contributed by atoms with Gasteiger partial charge in [0.15, 0.2) is 0 Å². The van der Waals surface area contributed by atoms with E-state index in [0.29, 0.717) is 11.3 Å². The van der Waals surface area contributed by atoms with Crippen LogP contribution in [0.5, 0.6) is 0 Å². The Hall–Kier alpha value is -2.50. The van der Waals surface area contributed by atoms with Crippen molar-refractivity contribution < 1.29 is 9.18 Å². The number of nitrogens with two attached hydrogens (primary N) is 1. The monoisotopic (exact) mass is 246 g/mol. The number of halogens is 1. The van der Waals surface area contributed by atoms with Gasteiger partial charge in [-0.15, -0.1) is 0 Å². The topological polar surface area (TPSA) is 80.9 Å². The second kappa shape index (κ2) is 4.79. The number of hydrogen-bond donors (Lipinski definition) is 2. The van der Waals surface area contributed by atoms with Crippen molar-refractivity contribution in [2.24, 2.45) is 0 Å². The summed E-state index contributed by atoms with van der Waals surface area (Å²) in [6.45, 7) is 1.62. The molecular formula is C12H11FN4O. The highest BCUT2D eigenvalue weighted by atomic mass is 19.1. The van der Waals surface area contributed by atoms with Crippen LogP contribution in [-0.4, -0.2) is 15.9 Å². The standard InChI is InChI=1S/C12H11FN4O/c1-7-4-8(2-3-9(7)13)16-12(18)10-5-15-6-11(14)17-10/h2-6H,1H3,(H2,14,17)(H,16,18). The van der Waals surface area contributed by atoms with E-state index in [1.54, 1.807) is 6.92 Å². The van der Waals surface area contributed by atoms with E-state index >= 15 is 0 Å². The van der Waals surface area contributed by atoms with Gasteiger partial charge in [0, 0.05) is 5.69 Å². The van der Waals surface area contributed by atoms with Gasteiger partial charge in [0.05, 0.1) is 12.4 Å². The molecular weight excluding hydrogens is 235 g/mol. The van der Waals surface area contributed by atoms with Crippen LogP contribution in [0.3, 0.4) is 0 Å². The Morgan fingerprint density at radius 1 is 1.39 bits per heavy atom. The van der Waals surface area contributed by atoms with E-state index in [4.69, 9.17) is 5.73 Å². The van der Waals surface area contributed by atoms with E-state index in [1.165, 1.54) is 30.6 Å². The molecule has 0 radical (unpaired) electrons. The summed E-state index contributed by atoms with van der Waals surface area (Å²) in [5, 5.41) is 2.59. The molecule has 1 heterocycles. The highest BCUT2D eigenvalue weighted by molar-refractivity contribution is 6.02. The van der Waals surface area contributed by atoms with Crippen LogP contribution < -0.4 is 11.1 Å². The summed E-state index contributed by atoms with van der Waals surface area (Å²) in [6, 6.07) is 4.29. The minimum absolute atomic E-state index is 0.108. The number of aromatic nitrogens is 2. The molecule has 3 N–H and O–H groups in total. The lowest BCUT2D eigenvalue weighted by atomic mass is 10.2. The summed E-state index contributed by atoms with van der Waals surface area (Å²) >= 11 is 0. The van der Waals surface area contributed by atoms with Crippen LogP contribution in [0.4, 0.5) is 15.9 Å². The van der Waals surface area contributed by atoms with Gasteiger partial charge in [0.2, 0.25) is 0 Å². The Kier molecular flexibility index (Phi) is 3.18. The van der Waals surface area contributed by atoms with Gasteiger partial charge >= 0.3 is 0 Å². The number of benzene rings is 1. The van der Waals surface area contributed by atoms with Crippen molar-refractivity contribution in [2.75, 3.05) is 11.1 Å². The van der Waals surface area contributed by atoms with Gasteiger partial charge < -0.3 is 11.1 Å². The lowest BCUT2D eigenvalue weighted by Gasteiger charge is -2.06. The highest BCUT2D eigenvalue weighted by Crippen LogP contribution is 2.14. The SMILES string of the molecule is Cc1cc(NC(=O)c2cncc(N)n2)ccc1F. The van der Waals surface area contributed by atoms with Crippen molar-refractivity contribution in [3.8, 4) is 0 Å². The maximum atomic E-state index is 13.1. The molecule has 0 fully saturated rings. The van der Waals surface area contributed by atoms with Crippen LogP contribution in [0.1, 0.15) is 16.1 Å². The molecule has 1 amide bonds. The second-order valence-corrected chi connectivity index (χ2v) is 3.75. The molecule has 0 spiro atoms. The van der Waals surface area contributed by atoms with E-state index in [-0.39, 0.29) is 17.3 Å². The number of hydrogen-bond acceptors (Lipinski definition) is 4. The van der Waals surface area contributed by atoms with Crippen molar-refractivity contribution in [1.82, 2.24) is 9.97 Å². The predicted molar refractivity (Wildman–Crippen MR) is 65.5 cm³/mol. The fraction of sp³-hybridized carbons (Fsp3) is 0.0833. The van der Waals surface area contributed by atoms with Gasteiger partial charge in [-0.3, -0.25) is 9.78 Å². The number of rotatable bonds is 2. The van der Waals surface area contributed by atoms with E-state index in [0.717, 1.165) is 0 Å². The van der Waals surface area contributed by atoms with Gasteiger partial charge in [-0.05, 0) is 30.7 Å². The highest BCUT2D eigenvalue weighted by Gasteiger charge is 2.09. The predicted octanol–water partition coefficient (Wildman–Crippen LogP) is 1.76. The first-order valence-corrected chi connectivity index (χ1v) is 5.21. The number of nitrogen functional groups attached to an aromatic ring is 1. The van der Waals surface area contributed by atoms with Gasteiger partial charge in [-0.25, -0.2) is 9.37 Å². The molecule has 0 aliphatic carbocycles. The van der Waals surface area contributed by atoms with Crippen LogP contribution in [0.15, 0.2) is 30.6 Å². The first-order chi connectivity index (χ1) is 8.56. The van der Waals surface area contributed by atoms with Crippen molar-refractivity contribution in [2.45, 2.75) is 6.92 Å². The molecule has 0 aliphatic rings. The normalized spacial score (nSPS) is 10.1. The molecule has 0 saturated heterocycles. The molecule has 6 heteroatoms. The number of anilines is 2. The maximum absolute atomic E-state index is 13.1. The molecule has 0 aliphatic heterocycles. The maximum Gasteiger partial charge on any atom is 0.275 e. The van der Waals surface area contributed by atoms with Gasteiger partial charge in [0.25, 0.3) is 5.91 Å². The largest absolute Gasteiger partial charge is 0.382 e. The summed E-state index contributed by atoms with van der Waals surface area (Å²) in [6.07, 6.45) is 2.65. The summed E-state index contributed by atoms with van der Waals surface area (Å²) < 4.78 is 13.1. The molecule has 1 aromatic carbocycles. The lowest BCUT2D eigenvalue weighted by molar-refractivity contribution is 0.102. The lowest BCUT2D eigenvalue weighted by Crippen LogP contribution is -2.15. The van der Waals surface area contributed by atoms with Crippen LogP contribution >= 0.6 is 0 Å². The Bertz CT molecular complexity index is 600. The summed E-state index contributed by atoms with van der Waals surface area (Å²) in [7, 11) is 0. The Morgan fingerprint density at radius 2 is 2.17 bits per heavy atom. The molecule has 0 bridgehead atoms. The molecule has 0 saturated carbocycles. The zero-order valence-corrected chi connectivity index (χ0v) is 9.64. The second-order valence-electron chi connectivity index (χ2n) is 3.75. The zero-order valence-electron chi connectivity index (χ0n) is 9.64. The zero-order chi connectivity index (χ0) is 13.1. The number of nitrogens with one attached hydrogen (secondary N) is 1.